The molecule has 3 fully saturated rings. The van der Waals surface area contributed by atoms with E-state index in [1.165, 1.54) is 42.8 Å². The molecule has 1 heterocycles. The van der Waals surface area contributed by atoms with E-state index in [-0.39, 0.29) is 27.7 Å². The fourth-order valence-electron chi connectivity index (χ4n) is 5.88. The summed E-state index contributed by atoms with van der Waals surface area (Å²) >= 11 is 6.12. The van der Waals surface area contributed by atoms with E-state index in [0.29, 0.717) is 19.6 Å². The van der Waals surface area contributed by atoms with E-state index in [0.717, 1.165) is 37.5 Å². The van der Waals surface area contributed by atoms with E-state index in [9.17, 15) is 13.2 Å². The monoisotopic (exact) mass is 466 g/mol. The lowest BCUT2D eigenvalue weighted by Crippen LogP contribution is -2.35. The van der Waals surface area contributed by atoms with Gasteiger partial charge in [-0.1, -0.05) is 55.8 Å². The lowest BCUT2D eigenvalue weighted by molar-refractivity contribution is -0.126. The normalized spacial score (nSPS) is 29.8. The van der Waals surface area contributed by atoms with Gasteiger partial charge in [0, 0.05) is 25.6 Å². The Morgan fingerprint density at radius 2 is 1.77 bits per heavy atom. The number of benzene rings is 1. The van der Waals surface area contributed by atoms with Crippen LogP contribution in [0, 0.1) is 23.7 Å². The molecule has 4 unspecified atom stereocenters. The van der Waals surface area contributed by atoms with Gasteiger partial charge in [-0.25, -0.2) is 8.42 Å². The predicted octanol–water partition coefficient (Wildman–Crippen LogP) is 4.85. The standard InChI is InChI=1S/C24H35ClN2O3S/c25-22-9-1-2-10-23(22)31(29,30)27-14-12-19(17-27)11-13-26-24(28)21-8-4-6-18-5-3-7-20(15-18)16-21/h1-2,9-10,18-21H,3-8,11-17H2,(H,26,28). The molecule has 0 aromatic heterocycles. The number of hydrogen-bond donors (Lipinski definition) is 1. The van der Waals surface area contributed by atoms with Crippen LogP contribution in [-0.2, 0) is 14.8 Å². The number of sulfonamides is 1. The van der Waals surface area contributed by atoms with Crippen molar-refractivity contribution in [3.8, 4) is 0 Å². The first kappa shape index (κ1) is 23.1. The predicted molar refractivity (Wildman–Crippen MR) is 123 cm³/mol. The topological polar surface area (TPSA) is 66.5 Å². The van der Waals surface area contributed by atoms with Crippen LogP contribution in [-0.4, -0.2) is 38.3 Å². The van der Waals surface area contributed by atoms with Crippen LogP contribution in [0.15, 0.2) is 29.2 Å². The van der Waals surface area contributed by atoms with Crippen molar-refractivity contribution in [1.29, 1.82) is 0 Å². The zero-order valence-corrected chi connectivity index (χ0v) is 19.8. The summed E-state index contributed by atoms with van der Waals surface area (Å²) in [7, 11) is -3.56. The molecule has 5 nitrogen and oxygen atoms in total. The average molecular weight is 467 g/mol. The van der Waals surface area contributed by atoms with Crippen molar-refractivity contribution < 1.29 is 13.2 Å². The largest absolute Gasteiger partial charge is 0.356 e. The maximum absolute atomic E-state index is 12.9. The van der Waals surface area contributed by atoms with Crippen molar-refractivity contribution >= 4 is 27.5 Å². The van der Waals surface area contributed by atoms with Crippen molar-refractivity contribution in [3.05, 3.63) is 29.3 Å². The fourth-order valence-corrected chi connectivity index (χ4v) is 7.90. The summed E-state index contributed by atoms with van der Waals surface area (Å²) in [4.78, 5) is 13.0. The number of rotatable bonds is 6. The number of fused-ring (bicyclic) bond motifs is 2. The van der Waals surface area contributed by atoms with Gasteiger partial charge in [0.15, 0.2) is 0 Å². The number of carbonyl (C=O) groups excluding carboxylic acids is 1. The summed E-state index contributed by atoms with van der Waals surface area (Å²) in [6.45, 7) is 1.64. The second kappa shape index (κ2) is 10.2. The van der Waals surface area contributed by atoms with Gasteiger partial charge in [0.2, 0.25) is 15.9 Å². The maximum Gasteiger partial charge on any atom is 0.244 e. The second-order valence-corrected chi connectivity index (χ2v) is 12.1. The lowest BCUT2D eigenvalue weighted by atomic mass is 9.72. The highest BCUT2D eigenvalue weighted by molar-refractivity contribution is 7.89. The minimum absolute atomic E-state index is 0.157. The third kappa shape index (κ3) is 5.63. The van der Waals surface area contributed by atoms with E-state index in [2.05, 4.69) is 5.32 Å². The second-order valence-electron chi connectivity index (χ2n) is 9.79. The first-order chi connectivity index (χ1) is 14.9. The van der Waals surface area contributed by atoms with Gasteiger partial charge in [-0.05, 0) is 62.0 Å². The van der Waals surface area contributed by atoms with Gasteiger partial charge in [0.25, 0.3) is 0 Å². The quantitative estimate of drug-likeness (QED) is 0.651. The molecule has 31 heavy (non-hydrogen) atoms. The van der Waals surface area contributed by atoms with Crippen molar-refractivity contribution in [2.75, 3.05) is 19.6 Å². The number of halogens is 1. The molecular formula is C24H35ClN2O3S. The number of nitrogens with one attached hydrogen (secondary N) is 1. The molecule has 172 valence electrons. The third-order valence-corrected chi connectivity index (χ3v) is 9.96. The van der Waals surface area contributed by atoms with Gasteiger partial charge < -0.3 is 5.32 Å². The maximum atomic E-state index is 12.9. The Labute approximate surface area is 192 Å². The van der Waals surface area contributed by atoms with Crippen LogP contribution in [0.3, 0.4) is 0 Å². The van der Waals surface area contributed by atoms with Gasteiger partial charge in [-0.15, -0.1) is 0 Å². The molecule has 1 aromatic carbocycles. The average Bonchev–Trinajstić information content (AvgIpc) is 3.22. The molecule has 1 saturated heterocycles. The first-order valence-corrected chi connectivity index (χ1v) is 13.8. The van der Waals surface area contributed by atoms with Crippen LogP contribution in [0.2, 0.25) is 5.02 Å². The fraction of sp³-hybridized carbons (Fsp3) is 0.708. The van der Waals surface area contributed by atoms with Crippen molar-refractivity contribution in [3.63, 3.8) is 0 Å². The highest BCUT2D eigenvalue weighted by Crippen LogP contribution is 2.39. The highest BCUT2D eigenvalue weighted by Gasteiger charge is 2.34. The van der Waals surface area contributed by atoms with Gasteiger partial charge in [-0.3, -0.25) is 4.79 Å². The summed E-state index contributed by atoms with van der Waals surface area (Å²) in [6.07, 6.45) is 11.5. The van der Waals surface area contributed by atoms with E-state index in [1.54, 1.807) is 24.3 Å². The van der Waals surface area contributed by atoms with Crippen LogP contribution in [0.5, 0.6) is 0 Å². The molecule has 1 amide bonds. The third-order valence-electron chi connectivity index (χ3n) is 7.60. The Morgan fingerprint density at radius 1 is 1.03 bits per heavy atom. The Morgan fingerprint density at radius 3 is 2.58 bits per heavy atom. The van der Waals surface area contributed by atoms with E-state index in [4.69, 9.17) is 11.6 Å². The summed E-state index contributed by atoms with van der Waals surface area (Å²) in [5, 5.41) is 3.43. The Hall–Kier alpha value is -1.11. The van der Waals surface area contributed by atoms with Crippen molar-refractivity contribution in [2.45, 2.75) is 69.1 Å². The smallest absolute Gasteiger partial charge is 0.244 e. The molecule has 2 bridgehead atoms. The Balaban J connectivity index is 1.24. The van der Waals surface area contributed by atoms with Gasteiger partial charge in [0.1, 0.15) is 4.90 Å². The van der Waals surface area contributed by atoms with Crippen LogP contribution in [0.25, 0.3) is 0 Å². The van der Waals surface area contributed by atoms with E-state index < -0.39 is 10.0 Å². The van der Waals surface area contributed by atoms with Crippen molar-refractivity contribution in [2.24, 2.45) is 23.7 Å². The number of nitrogens with zero attached hydrogens (tertiary/aromatic N) is 1. The SMILES string of the molecule is O=C(NCCC1CCN(S(=O)(=O)c2ccccc2Cl)C1)C1CCCC2CCCC(C2)C1. The zero-order valence-electron chi connectivity index (χ0n) is 18.3. The summed E-state index contributed by atoms with van der Waals surface area (Å²) in [5.41, 5.74) is 0. The summed E-state index contributed by atoms with van der Waals surface area (Å²) in [6, 6.07) is 6.61. The molecule has 1 aromatic rings. The molecule has 2 aliphatic carbocycles. The zero-order chi connectivity index (χ0) is 21.8. The summed E-state index contributed by atoms with van der Waals surface area (Å²) in [5.74, 6) is 2.27. The Bertz CT molecular complexity index is 875. The highest BCUT2D eigenvalue weighted by atomic mass is 35.5. The van der Waals surface area contributed by atoms with Crippen LogP contribution >= 0.6 is 11.6 Å². The molecule has 7 heteroatoms. The molecule has 3 aliphatic rings. The van der Waals surface area contributed by atoms with E-state index in [1.807, 2.05) is 0 Å². The summed E-state index contributed by atoms with van der Waals surface area (Å²) < 4.78 is 27.4. The number of amides is 1. The number of hydrogen-bond acceptors (Lipinski definition) is 3. The first-order valence-electron chi connectivity index (χ1n) is 12.0. The molecule has 1 aliphatic heterocycles. The molecule has 4 rings (SSSR count). The van der Waals surface area contributed by atoms with Gasteiger partial charge in [0.05, 0.1) is 5.02 Å². The van der Waals surface area contributed by atoms with Crippen LogP contribution in [0.4, 0.5) is 0 Å². The van der Waals surface area contributed by atoms with Crippen LogP contribution < -0.4 is 5.32 Å². The van der Waals surface area contributed by atoms with Crippen LogP contribution in [0.1, 0.15) is 64.2 Å². The molecule has 2 saturated carbocycles. The molecule has 0 spiro atoms. The minimum atomic E-state index is -3.56. The molecular weight excluding hydrogens is 432 g/mol. The lowest BCUT2D eigenvalue weighted by Gasteiger charge is -2.34. The minimum Gasteiger partial charge on any atom is -0.356 e. The molecule has 4 atom stereocenters. The molecule has 1 N–H and O–H groups in total. The van der Waals surface area contributed by atoms with Gasteiger partial charge in [-0.2, -0.15) is 4.31 Å². The van der Waals surface area contributed by atoms with Gasteiger partial charge >= 0.3 is 0 Å². The molecule has 0 radical (unpaired) electrons. The Kier molecular flexibility index (Phi) is 7.60. The van der Waals surface area contributed by atoms with E-state index >= 15 is 0 Å². The van der Waals surface area contributed by atoms with Crippen molar-refractivity contribution in [1.82, 2.24) is 9.62 Å². The number of carbonyl (C=O) groups is 1.